The van der Waals surface area contributed by atoms with Crippen molar-refractivity contribution in [3.63, 3.8) is 0 Å². The zero-order valence-electron chi connectivity index (χ0n) is 15.1. The summed E-state index contributed by atoms with van der Waals surface area (Å²) in [4.78, 5) is 18.6. The molecule has 0 unspecified atom stereocenters. The molecule has 3 rings (SSSR count). The Balaban J connectivity index is 1.75. The van der Waals surface area contributed by atoms with Crippen LogP contribution in [0.3, 0.4) is 0 Å². The largest absolute Gasteiger partial charge is 0.337 e. The van der Waals surface area contributed by atoms with Crippen molar-refractivity contribution >= 4 is 15.9 Å². The van der Waals surface area contributed by atoms with E-state index in [-0.39, 0.29) is 5.91 Å². The van der Waals surface area contributed by atoms with Crippen LogP contribution in [0.4, 0.5) is 0 Å². The number of rotatable bonds is 3. The molecule has 1 fully saturated rings. The number of pyridine rings is 1. The van der Waals surface area contributed by atoms with Gasteiger partial charge in [0.25, 0.3) is 5.91 Å². The van der Waals surface area contributed by atoms with E-state index < -0.39 is 10.0 Å². The molecule has 1 aromatic carbocycles. The highest BCUT2D eigenvalue weighted by Gasteiger charge is 2.28. The molecule has 0 atom stereocenters. The van der Waals surface area contributed by atoms with Gasteiger partial charge in [-0.25, -0.2) is 8.42 Å². The van der Waals surface area contributed by atoms with Crippen LogP contribution in [-0.4, -0.2) is 54.7 Å². The van der Waals surface area contributed by atoms with E-state index in [9.17, 15) is 13.2 Å². The normalized spacial score (nSPS) is 16.3. The van der Waals surface area contributed by atoms with Gasteiger partial charge in [0.05, 0.1) is 10.5 Å². The highest BCUT2D eigenvalue weighted by atomic mass is 32.2. The maximum atomic E-state index is 13.0. The van der Waals surface area contributed by atoms with Crippen molar-refractivity contribution in [2.75, 3.05) is 26.2 Å². The Kier molecular flexibility index (Phi) is 5.38. The van der Waals surface area contributed by atoms with E-state index in [0.717, 1.165) is 11.1 Å². The Morgan fingerprint density at radius 3 is 2.54 bits per heavy atom. The lowest BCUT2D eigenvalue weighted by molar-refractivity contribution is 0.0764. The van der Waals surface area contributed by atoms with Crippen molar-refractivity contribution in [2.24, 2.45) is 0 Å². The summed E-state index contributed by atoms with van der Waals surface area (Å²) in [6.07, 6.45) is 3.77. The number of amides is 1. The smallest absolute Gasteiger partial charge is 0.255 e. The number of carbonyl (C=O) groups is 1. The van der Waals surface area contributed by atoms with Gasteiger partial charge in [0.15, 0.2) is 0 Å². The first-order valence-electron chi connectivity index (χ1n) is 8.66. The van der Waals surface area contributed by atoms with E-state index in [2.05, 4.69) is 4.98 Å². The third-order valence-corrected chi connectivity index (χ3v) is 6.66. The molecule has 1 aliphatic rings. The van der Waals surface area contributed by atoms with Crippen LogP contribution in [0.15, 0.2) is 47.6 Å². The van der Waals surface area contributed by atoms with E-state index in [4.69, 9.17) is 0 Å². The lowest BCUT2D eigenvalue weighted by atomic mass is 10.1. The van der Waals surface area contributed by atoms with Crippen molar-refractivity contribution in [3.8, 4) is 0 Å². The van der Waals surface area contributed by atoms with Gasteiger partial charge >= 0.3 is 0 Å². The van der Waals surface area contributed by atoms with Crippen LogP contribution >= 0.6 is 0 Å². The minimum atomic E-state index is -3.56. The minimum absolute atomic E-state index is 0.108. The zero-order valence-corrected chi connectivity index (χ0v) is 15.9. The molecule has 0 saturated carbocycles. The molecule has 138 valence electrons. The van der Waals surface area contributed by atoms with Crippen LogP contribution in [0.5, 0.6) is 0 Å². The van der Waals surface area contributed by atoms with Crippen LogP contribution in [0.2, 0.25) is 0 Å². The number of aromatic nitrogens is 1. The van der Waals surface area contributed by atoms with E-state index >= 15 is 0 Å². The Hall–Kier alpha value is -2.25. The predicted molar refractivity (Wildman–Crippen MR) is 99.4 cm³/mol. The molecule has 2 aromatic rings. The standard InChI is InChI=1S/C19H23N3O3S/c1-15-6-7-18(13-16(15)2)26(24,25)22-10-4-9-21(11-12-22)19(23)17-5-3-8-20-14-17/h3,5-8,13-14H,4,9-12H2,1-2H3. The van der Waals surface area contributed by atoms with Gasteiger partial charge < -0.3 is 4.90 Å². The molecule has 1 amide bonds. The maximum Gasteiger partial charge on any atom is 0.255 e. The van der Waals surface area contributed by atoms with E-state index in [1.165, 1.54) is 10.5 Å². The minimum Gasteiger partial charge on any atom is -0.337 e. The van der Waals surface area contributed by atoms with Gasteiger partial charge in [-0.2, -0.15) is 4.31 Å². The number of nitrogens with zero attached hydrogens (tertiary/aromatic N) is 3. The van der Waals surface area contributed by atoms with Crippen LogP contribution < -0.4 is 0 Å². The molecule has 1 aliphatic heterocycles. The fourth-order valence-electron chi connectivity index (χ4n) is 3.03. The molecule has 0 spiro atoms. The zero-order chi connectivity index (χ0) is 18.7. The topological polar surface area (TPSA) is 70.6 Å². The second-order valence-electron chi connectivity index (χ2n) is 6.54. The summed E-state index contributed by atoms with van der Waals surface area (Å²) in [5.74, 6) is -0.108. The van der Waals surface area contributed by atoms with E-state index in [1.807, 2.05) is 19.9 Å². The van der Waals surface area contributed by atoms with E-state index in [1.54, 1.807) is 35.4 Å². The summed E-state index contributed by atoms with van der Waals surface area (Å²) < 4.78 is 27.4. The highest BCUT2D eigenvalue weighted by Crippen LogP contribution is 2.21. The lowest BCUT2D eigenvalue weighted by Crippen LogP contribution is -2.37. The molecular formula is C19H23N3O3S. The Morgan fingerprint density at radius 2 is 1.85 bits per heavy atom. The Morgan fingerprint density at radius 1 is 1.04 bits per heavy atom. The molecule has 26 heavy (non-hydrogen) atoms. The highest BCUT2D eigenvalue weighted by molar-refractivity contribution is 7.89. The number of hydrogen-bond donors (Lipinski definition) is 0. The van der Waals surface area contributed by atoms with Crippen molar-refractivity contribution in [2.45, 2.75) is 25.2 Å². The van der Waals surface area contributed by atoms with Gasteiger partial charge in [0.2, 0.25) is 10.0 Å². The molecule has 1 aromatic heterocycles. The van der Waals surface area contributed by atoms with Gasteiger partial charge in [0, 0.05) is 38.6 Å². The summed E-state index contributed by atoms with van der Waals surface area (Å²) in [5.41, 5.74) is 2.54. The molecule has 7 heteroatoms. The van der Waals surface area contributed by atoms with Crippen molar-refractivity contribution < 1.29 is 13.2 Å². The fourth-order valence-corrected chi connectivity index (χ4v) is 4.59. The number of aryl methyl sites for hydroxylation is 2. The summed E-state index contributed by atoms with van der Waals surface area (Å²) in [5, 5.41) is 0. The average molecular weight is 373 g/mol. The van der Waals surface area contributed by atoms with Crippen LogP contribution in [-0.2, 0) is 10.0 Å². The summed E-state index contributed by atoms with van der Waals surface area (Å²) in [6, 6.07) is 8.65. The first-order valence-corrected chi connectivity index (χ1v) is 10.1. The quantitative estimate of drug-likeness (QED) is 0.827. The monoisotopic (exact) mass is 373 g/mol. The second-order valence-corrected chi connectivity index (χ2v) is 8.48. The molecule has 0 radical (unpaired) electrons. The Bertz CT molecular complexity index is 898. The summed E-state index contributed by atoms with van der Waals surface area (Å²) in [6.45, 7) is 5.47. The van der Waals surface area contributed by atoms with Gasteiger partial charge in [-0.15, -0.1) is 0 Å². The second kappa shape index (κ2) is 7.55. The number of benzene rings is 1. The molecule has 1 saturated heterocycles. The first kappa shape index (κ1) is 18.5. The van der Waals surface area contributed by atoms with Crippen LogP contribution in [0, 0.1) is 13.8 Å². The summed E-state index contributed by atoms with van der Waals surface area (Å²) >= 11 is 0. The molecule has 0 aliphatic carbocycles. The first-order chi connectivity index (χ1) is 12.4. The Labute approximate surface area is 154 Å². The third kappa shape index (κ3) is 3.78. The fraction of sp³-hybridized carbons (Fsp3) is 0.368. The van der Waals surface area contributed by atoms with Crippen molar-refractivity contribution in [3.05, 3.63) is 59.4 Å². The average Bonchev–Trinajstić information content (AvgIpc) is 2.90. The number of hydrogen-bond acceptors (Lipinski definition) is 4. The van der Waals surface area contributed by atoms with Gasteiger partial charge in [0.1, 0.15) is 0 Å². The van der Waals surface area contributed by atoms with Crippen molar-refractivity contribution in [1.82, 2.24) is 14.2 Å². The lowest BCUT2D eigenvalue weighted by Gasteiger charge is -2.22. The molecule has 0 bridgehead atoms. The third-order valence-electron chi connectivity index (χ3n) is 4.77. The molecule has 0 N–H and O–H groups in total. The molecule has 2 heterocycles. The maximum absolute atomic E-state index is 13.0. The van der Waals surface area contributed by atoms with E-state index in [0.29, 0.717) is 43.1 Å². The molecule has 6 nitrogen and oxygen atoms in total. The predicted octanol–water partition coefficient (Wildman–Crippen LogP) is 2.24. The SMILES string of the molecule is Cc1ccc(S(=O)(=O)N2CCCN(C(=O)c3cccnc3)CC2)cc1C. The van der Waals surface area contributed by atoms with Gasteiger partial charge in [-0.05, 0) is 55.7 Å². The molecular weight excluding hydrogens is 350 g/mol. The number of carbonyl (C=O) groups excluding carboxylic acids is 1. The van der Waals surface area contributed by atoms with Gasteiger partial charge in [-0.1, -0.05) is 6.07 Å². The van der Waals surface area contributed by atoms with Crippen LogP contribution in [0.25, 0.3) is 0 Å². The van der Waals surface area contributed by atoms with Gasteiger partial charge in [-0.3, -0.25) is 9.78 Å². The number of sulfonamides is 1. The van der Waals surface area contributed by atoms with Crippen molar-refractivity contribution in [1.29, 1.82) is 0 Å². The van der Waals surface area contributed by atoms with Crippen LogP contribution in [0.1, 0.15) is 27.9 Å². The summed E-state index contributed by atoms with van der Waals surface area (Å²) in [7, 11) is -3.56.